The van der Waals surface area contributed by atoms with Crippen LogP contribution in [0.25, 0.3) is 11.3 Å². The van der Waals surface area contributed by atoms with Gasteiger partial charge in [-0.25, -0.2) is 17.8 Å². The molecular formula is C10H9FN2O2S2. The van der Waals surface area contributed by atoms with Gasteiger partial charge in [0.15, 0.2) is 15.0 Å². The smallest absolute Gasteiger partial charge is 0.187 e. The van der Waals surface area contributed by atoms with Crippen LogP contribution in [0.3, 0.4) is 0 Å². The SMILES string of the molecule is CS(=O)(=O)c1sc(N)nc1-c1cccc(F)c1. The number of anilines is 1. The van der Waals surface area contributed by atoms with Gasteiger partial charge in [-0.1, -0.05) is 23.5 Å². The van der Waals surface area contributed by atoms with E-state index in [2.05, 4.69) is 4.98 Å². The highest BCUT2D eigenvalue weighted by atomic mass is 32.2. The van der Waals surface area contributed by atoms with Crippen LogP contribution in [0.15, 0.2) is 28.5 Å². The number of nitrogen functional groups attached to an aromatic ring is 1. The summed E-state index contributed by atoms with van der Waals surface area (Å²) in [7, 11) is -3.42. The van der Waals surface area contributed by atoms with E-state index in [1.807, 2.05) is 0 Å². The molecule has 7 heteroatoms. The Bertz CT molecular complexity index is 665. The fraction of sp³-hybridized carbons (Fsp3) is 0.100. The lowest BCUT2D eigenvalue weighted by molar-refractivity contribution is 0.603. The summed E-state index contributed by atoms with van der Waals surface area (Å²) < 4.78 is 36.2. The van der Waals surface area contributed by atoms with Gasteiger partial charge in [0, 0.05) is 11.8 Å². The third kappa shape index (κ3) is 2.45. The quantitative estimate of drug-likeness (QED) is 0.906. The van der Waals surface area contributed by atoms with E-state index < -0.39 is 15.7 Å². The number of halogens is 1. The number of thiazole rings is 1. The van der Waals surface area contributed by atoms with Crippen molar-refractivity contribution in [3.63, 3.8) is 0 Å². The second kappa shape index (κ2) is 4.08. The molecule has 0 amide bonds. The zero-order valence-electron chi connectivity index (χ0n) is 8.84. The Balaban J connectivity index is 2.68. The van der Waals surface area contributed by atoms with Crippen LogP contribution in [0.4, 0.5) is 9.52 Å². The largest absolute Gasteiger partial charge is 0.375 e. The van der Waals surface area contributed by atoms with Gasteiger partial charge in [0.2, 0.25) is 0 Å². The molecule has 0 unspecified atom stereocenters. The first-order chi connectivity index (χ1) is 7.88. The molecule has 0 spiro atoms. The zero-order chi connectivity index (χ0) is 12.6. The lowest BCUT2D eigenvalue weighted by Crippen LogP contribution is -1.96. The maximum Gasteiger partial charge on any atom is 0.187 e. The van der Waals surface area contributed by atoms with E-state index in [1.54, 1.807) is 6.07 Å². The van der Waals surface area contributed by atoms with Crippen molar-refractivity contribution in [2.45, 2.75) is 4.21 Å². The van der Waals surface area contributed by atoms with Gasteiger partial charge in [-0.05, 0) is 12.1 Å². The molecule has 90 valence electrons. The molecule has 2 rings (SSSR count). The van der Waals surface area contributed by atoms with Crippen molar-refractivity contribution in [2.24, 2.45) is 0 Å². The third-order valence-electron chi connectivity index (χ3n) is 2.05. The van der Waals surface area contributed by atoms with Gasteiger partial charge in [0.1, 0.15) is 15.7 Å². The molecule has 2 N–H and O–H groups in total. The van der Waals surface area contributed by atoms with Gasteiger partial charge in [-0.15, -0.1) is 0 Å². The van der Waals surface area contributed by atoms with Crippen LogP contribution in [0.5, 0.6) is 0 Å². The van der Waals surface area contributed by atoms with Crippen LogP contribution in [0.2, 0.25) is 0 Å². The molecule has 0 atom stereocenters. The minimum Gasteiger partial charge on any atom is -0.375 e. The summed E-state index contributed by atoms with van der Waals surface area (Å²) in [4.78, 5) is 3.94. The van der Waals surface area contributed by atoms with Crippen molar-refractivity contribution in [3.8, 4) is 11.3 Å². The first-order valence-corrected chi connectivity index (χ1v) is 7.31. The minimum absolute atomic E-state index is 0.0561. The van der Waals surface area contributed by atoms with Gasteiger partial charge in [-0.2, -0.15) is 0 Å². The standard InChI is InChI=1S/C10H9FN2O2S2/c1-17(14,15)9-8(13-10(12)16-9)6-3-2-4-7(11)5-6/h2-5H,1H3,(H2,12,13). The van der Waals surface area contributed by atoms with E-state index in [9.17, 15) is 12.8 Å². The Morgan fingerprint density at radius 2 is 2.12 bits per heavy atom. The second-order valence-electron chi connectivity index (χ2n) is 3.47. The Morgan fingerprint density at radius 3 is 2.71 bits per heavy atom. The molecule has 1 aromatic heterocycles. The Labute approximate surface area is 102 Å². The van der Waals surface area contributed by atoms with E-state index in [-0.39, 0.29) is 15.0 Å². The van der Waals surface area contributed by atoms with E-state index in [0.29, 0.717) is 5.56 Å². The fourth-order valence-corrected chi connectivity index (χ4v) is 3.35. The monoisotopic (exact) mass is 272 g/mol. The number of sulfone groups is 1. The first-order valence-electron chi connectivity index (χ1n) is 4.60. The Hall–Kier alpha value is -1.47. The molecule has 0 bridgehead atoms. The summed E-state index contributed by atoms with van der Waals surface area (Å²) in [6.07, 6.45) is 1.07. The number of benzene rings is 1. The summed E-state index contributed by atoms with van der Waals surface area (Å²) in [6.45, 7) is 0. The topological polar surface area (TPSA) is 73.0 Å². The molecule has 0 fully saturated rings. The molecule has 2 aromatic rings. The normalized spacial score (nSPS) is 11.6. The molecule has 0 saturated heterocycles. The lowest BCUT2D eigenvalue weighted by atomic mass is 10.2. The molecule has 17 heavy (non-hydrogen) atoms. The van der Waals surface area contributed by atoms with Gasteiger partial charge in [-0.3, -0.25) is 0 Å². The van der Waals surface area contributed by atoms with E-state index in [1.165, 1.54) is 18.2 Å². The predicted octanol–water partition coefficient (Wildman–Crippen LogP) is 1.93. The maximum atomic E-state index is 13.1. The van der Waals surface area contributed by atoms with Crippen molar-refractivity contribution in [1.29, 1.82) is 0 Å². The van der Waals surface area contributed by atoms with Crippen LogP contribution in [0.1, 0.15) is 0 Å². The fourth-order valence-electron chi connectivity index (χ4n) is 1.39. The van der Waals surface area contributed by atoms with Crippen molar-refractivity contribution in [3.05, 3.63) is 30.1 Å². The Kier molecular flexibility index (Phi) is 2.88. The summed E-state index contributed by atoms with van der Waals surface area (Å²) in [5, 5.41) is 0.143. The van der Waals surface area contributed by atoms with Crippen molar-refractivity contribution >= 4 is 26.3 Å². The molecular weight excluding hydrogens is 263 g/mol. The van der Waals surface area contributed by atoms with Gasteiger partial charge < -0.3 is 5.73 Å². The maximum absolute atomic E-state index is 13.1. The molecule has 4 nitrogen and oxygen atoms in total. The molecule has 0 saturated carbocycles. The predicted molar refractivity (Wildman–Crippen MR) is 65.0 cm³/mol. The summed E-state index contributed by atoms with van der Waals surface area (Å²) in [5.74, 6) is -0.450. The number of hydrogen-bond donors (Lipinski definition) is 1. The van der Waals surface area contributed by atoms with E-state index in [4.69, 9.17) is 5.73 Å². The summed E-state index contributed by atoms with van der Waals surface area (Å²) in [5.41, 5.74) is 6.11. The van der Waals surface area contributed by atoms with Crippen LogP contribution in [-0.2, 0) is 9.84 Å². The number of nitrogens with zero attached hydrogens (tertiary/aromatic N) is 1. The van der Waals surface area contributed by atoms with Crippen LogP contribution in [0, 0.1) is 5.82 Å². The summed E-state index contributed by atoms with van der Waals surface area (Å²) >= 11 is 0.878. The van der Waals surface area contributed by atoms with Crippen LogP contribution < -0.4 is 5.73 Å². The Morgan fingerprint density at radius 1 is 1.41 bits per heavy atom. The van der Waals surface area contributed by atoms with E-state index in [0.717, 1.165) is 17.6 Å². The molecule has 1 aromatic carbocycles. The second-order valence-corrected chi connectivity index (χ2v) is 6.71. The molecule has 1 heterocycles. The first kappa shape index (κ1) is 12.0. The molecule has 0 radical (unpaired) electrons. The average Bonchev–Trinajstić information content (AvgIpc) is 2.60. The van der Waals surface area contributed by atoms with Gasteiger partial charge in [0.05, 0.1) is 0 Å². The number of nitrogens with two attached hydrogens (primary N) is 1. The lowest BCUT2D eigenvalue weighted by Gasteiger charge is -2.00. The average molecular weight is 272 g/mol. The summed E-state index contributed by atoms with van der Waals surface area (Å²) in [6, 6.07) is 5.58. The number of rotatable bonds is 2. The molecule has 0 aliphatic heterocycles. The number of hydrogen-bond acceptors (Lipinski definition) is 5. The highest BCUT2D eigenvalue weighted by Crippen LogP contribution is 2.33. The third-order valence-corrected chi connectivity index (χ3v) is 4.75. The van der Waals surface area contributed by atoms with Crippen molar-refractivity contribution < 1.29 is 12.8 Å². The van der Waals surface area contributed by atoms with Crippen molar-refractivity contribution in [1.82, 2.24) is 4.98 Å². The van der Waals surface area contributed by atoms with Crippen LogP contribution in [-0.4, -0.2) is 19.7 Å². The highest BCUT2D eigenvalue weighted by molar-refractivity contribution is 7.93. The number of aromatic nitrogens is 1. The zero-order valence-corrected chi connectivity index (χ0v) is 10.5. The molecule has 0 aliphatic rings. The molecule has 0 aliphatic carbocycles. The van der Waals surface area contributed by atoms with Gasteiger partial charge in [0.25, 0.3) is 0 Å². The van der Waals surface area contributed by atoms with Crippen molar-refractivity contribution in [2.75, 3.05) is 12.0 Å². The minimum atomic E-state index is -3.42. The van der Waals surface area contributed by atoms with E-state index >= 15 is 0 Å². The van der Waals surface area contributed by atoms with Crippen LogP contribution >= 0.6 is 11.3 Å². The van der Waals surface area contributed by atoms with Gasteiger partial charge >= 0.3 is 0 Å². The highest BCUT2D eigenvalue weighted by Gasteiger charge is 2.20.